The van der Waals surface area contributed by atoms with Gasteiger partial charge >= 0.3 is 0 Å². The number of carbonyl (C=O) groups is 1. The maximum atomic E-state index is 12.4. The molecule has 5 nitrogen and oxygen atoms in total. The molecule has 31 heavy (non-hydrogen) atoms. The van der Waals surface area contributed by atoms with Gasteiger partial charge in [0, 0.05) is 48.4 Å². The molecule has 2 N–H and O–H groups in total. The first-order valence-corrected chi connectivity index (χ1v) is 11.5. The van der Waals surface area contributed by atoms with Crippen molar-refractivity contribution in [2.24, 2.45) is 4.99 Å². The molecular formula is C24H33IN4OS. The lowest BCUT2D eigenvalue weighted by atomic mass is 10.1. The number of nitrogens with one attached hydrogen (secondary N) is 2. The fourth-order valence-corrected chi connectivity index (χ4v) is 4.55. The van der Waals surface area contributed by atoms with Crippen molar-refractivity contribution >= 4 is 47.6 Å². The molecule has 0 heterocycles. The van der Waals surface area contributed by atoms with Crippen molar-refractivity contribution in [3.05, 3.63) is 65.7 Å². The zero-order valence-corrected chi connectivity index (χ0v) is 21.7. The molecule has 168 valence electrons. The van der Waals surface area contributed by atoms with Crippen LogP contribution in [0.15, 0.2) is 64.5 Å². The van der Waals surface area contributed by atoms with Crippen molar-refractivity contribution in [1.29, 1.82) is 0 Å². The van der Waals surface area contributed by atoms with Gasteiger partial charge in [-0.3, -0.25) is 9.79 Å². The second-order valence-corrected chi connectivity index (χ2v) is 9.09. The van der Waals surface area contributed by atoms with Gasteiger partial charge in [-0.2, -0.15) is 0 Å². The molecule has 1 saturated carbocycles. The molecule has 1 aliphatic rings. The highest BCUT2D eigenvalue weighted by Crippen LogP contribution is 2.51. The van der Waals surface area contributed by atoms with E-state index >= 15 is 0 Å². The molecule has 0 radical (unpaired) electrons. The molecule has 0 saturated heterocycles. The van der Waals surface area contributed by atoms with Crippen LogP contribution in [0.3, 0.4) is 0 Å². The van der Waals surface area contributed by atoms with Gasteiger partial charge in [0.05, 0.1) is 0 Å². The van der Waals surface area contributed by atoms with Crippen molar-refractivity contribution in [1.82, 2.24) is 15.5 Å². The van der Waals surface area contributed by atoms with Crippen LogP contribution in [0.4, 0.5) is 0 Å². The van der Waals surface area contributed by atoms with Gasteiger partial charge < -0.3 is 15.5 Å². The summed E-state index contributed by atoms with van der Waals surface area (Å²) < 4.78 is 0.269. The van der Waals surface area contributed by atoms with Crippen LogP contribution in [0, 0.1) is 0 Å². The summed E-state index contributed by atoms with van der Waals surface area (Å²) in [5.74, 6) is 0.890. The van der Waals surface area contributed by atoms with E-state index in [1.807, 2.05) is 54.8 Å². The summed E-state index contributed by atoms with van der Waals surface area (Å²) >= 11 is 1.95. The largest absolute Gasteiger partial charge is 0.355 e. The Labute approximate surface area is 207 Å². The molecule has 0 spiro atoms. The lowest BCUT2D eigenvalue weighted by Crippen LogP contribution is -2.40. The van der Waals surface area contributed by atoms with Crippen LogP contribution in [0.5, 0.6) is 0 Å². The molecule has 0 aliphatic heterocycles. The van der Waals surface area contributed by atoms with Gasteiger partial charge in [-0.05, 0) is 56.5 Å². The topological polar surface area (TPSA) is 56.7 Å². The van der Waals surface area contributed by atoms with Crippen molar-refractivity contribution in [2.45, 2.75) is 42.9 Å². The fourth-order valence-electron chi connectivity index (χ4n) is 3.30. The van der Waals surface area contributed by atoms with E-state index in [9.17, 15) is 4.79 Å². The Bertz CT molecular complexity index is 850. The smallest absolute Gasteiger partial charge is 0.253 e. The molecule has 2 aromatic rings. The van der Waals surface area contributed by atoms with Crippen molar-refractivity contribution < 1.29 is 4.79 Å². The number of thioether (sulfide) groups is 1. The quantitative estimate of drug-likeness (QED) is 0.267. The summed E-state index contributed by atoms with van der Waals surface area (Å²) in [5.41, 5.74) is 1.85. The van der Waals surface area contributed by atoms with Crippen LogP contribution in [-0.2, 0) is 6.54 Å². The lowest BCUT2D eigenvalue weighted by molar-refractivity contribution is 0.0773. The summed E-state index contributed by atoms with van der Waals surface area (Å²) in [5, 5.41) is 6.86. The first kappa shape index (κ1) is 25.5. The highest BCUT2D eigenvalue weighted by atomic mass is 127. The average Bonchev–Trinajstić information content (AvgIpc) is 3.55. The van der Waals surface area contributed by atoms with Gasteiger partial charge in [-0.25, -0.2) is 0 Å². The first-order chi connectivity index (χ1) is 14.6. The Morgan fingerprint density at radius 3 is 2.23 bits per heavy atom. The van der Waals surface area contributed by atoms with Crippen molar-refractivity contribution in [3.63, 3.8) is 0 Å². The number of carbonyl (C=O) groups excluding carboxylic acids is 1. The van der Waals surface area contributed by atoms with Crippen LogP contribution in [0.25, 0.3) is 0 Å². The number of hydrogen-bond donors (Lipinski definition) is 2. The third kappa shape index (κ3) is 7.42. The zero-order valence-electron chi connectivity index (χ0n) is 18.6. The zero-order chi connectivity index (χ0) is 21.4. The summed E-state index contributed by atoms with van der Waals surface area (Å²) in [7, 11) is 1.80. The highest BCUT2D eigenvalue weighted by molar-refractivity contribution is 14.0. The highest BCUT2D eigenvalue weighted by Gasteiger charge is 2.43. The van der Waals surface area contributed by atoms with Gasteiger partial charge in [0.15, 0.2) is 5.96 Å². The summed E-state index contributed by atoms with van der Waals surface area (Å²) in [6, 6.07) is 18.4. The van der Waals surface area contributed by atoms with Crippen molar-refractivity contribution in [3.8, 4) is 0 Å². The Morgan fingerprint density at radius 1 is 1.03 bits per heavy atom. The second kappa shape index (κ2) is 12.3. The molecule has 1 aliphatic carbocycles. The van der Waals surface area contributed by atoms with Crippen LogP contribution in [-0.4, -0.2) is 48.2 Å². The van der Waals surface area contributed by atoms with Crippen LogP contribution in [0.2, 0.25) is 0 Å². The summed E-state index contributed by atoms with van der Waals surface area (Å²) in [6.45, 7) is 7.02. The van der Waals surface area contributed by atoms with Crippen LogP contribution < -0.4 is 10.6 Å². The average molecular weight is 553 g/mol. The molecule has 0 unspecified atom stereocenters. The molecule has 0 aromatic heterocycles. The minimum absolute atomic E-state index is 0. The van der Waals surface area contributed by atoms with Gasteiger partial charge in [0.2, 0.25) is 0 Å². The first-order valence-electron chi connectivity index (χ1n) is 10.7. The number of guanidine groups is 1. The number of halogens is 1. The fraction of sp³-hybridized carbons (Fsp3) is 0.417. The molecule has 7 heteroatoms. The lowest BCUT2D eigenvalue weighted by Gasteiger charge is -2.19. The second-order valence-electron chi connectivity index (χ2n) is 7.55. The predicted octanol–water partition coefficient (Wildman–Crippen LogP) is 4.78. The third-order valence-electron chi connectivity index (χ3n) is 5.40. The van der Waals surface area contributed by atoms with E-state index in [0.29, 0.717) is 6.54 Å². The van der Waals surface area contributed by atoms with Gasteiger partial charge in [0.1, 0.15) is 0 Å². The van der Waals surface area contributed by atoms with E-state index in [1.54, 1.807) is 7.05 Å². The number of nitrogens with zero attached hydrogens (tertiary/aromatic N) is 2. The Kier molecular flexibility index (Phi) is 10.2. The Balaban J connectivity index is 0.00000341. The predicted molar refractivity (Wildman–Crippen MR) is 142 cm³/mol. The van der Waals surface area contributed by atoms with Gasteiger partial charge in [-0.1, -0.05) is 30.3 Å². The van der Waals surface area contributed by atoms with E-state index in [-0.39, 0.29) is 34.6 Å². The minimum Gasteiger partial charge on any atom is -0.355 e. The molecule has 0 bridgehead atoms. The van der Waals surface area contributed by atoms with Gasteiger partial charge in [-0.15, -0.1) is 35.7 Å². The van der Waals surface area contributed by atoms with Gasteiger partial charge in [0.25, 0.3) is 5.91 Å². The summed E-state index contributed by atoms with van der Waals surface area (Å²) in [6.07, 6.45) is 2.44. The normalized spacial score (nSPS) is 14.4. The molecule has 0 atom stereocenters. The Morgan fingerprint density at radius 2 is 1.68 bits per heavy atom. The van der Waals surface area contributed by atoms with E-state index in [0.717, 1.165) is 36.7 Å². The van der Waals surface area contributed by atoms with Crippen LogP contribution >= 0.6 is 35.7 Å². The number of rotatable bonds is 9. The van der Waals surface area contributed by atoms with E-state index in [4.69, 9.17) is 0 Å². The molecule has 1 fully saturated rings. The van der Waals surface area contributed by atoms with Crippen molar-refractivity contribution in [2.75, 3.05) is 26.7 Å². The third-order valence-corrected chi connectivity index (χ3v) is 6.89. The minimum atomic E-state index is 0. The number of benzene rings is 2. The number of aliphatic imine (C=N–C) groups is 1. The van der Waals surface area contributed by atoms with E-state index < -0.39 is 0 Å². The maximum absolute atomic E-state index is 12.4. The standard InChI is InChI=1S/C24H32N4OS.HI/c1-4-28(5-2)22(29)20-13-11-19(12-14-20)17-26-23(25-3)27-18-24(15-16-24)30-21-9-7-6-8-10-21;/h6-14H,4-5,15-18H2,1-3H3,(H2,25,26,27);1H. The molecule has 1 amide bonds. The van der Waals surface area contributed by atoms with Crippen LogP contribution in [0.1, 0.15) is 42.6 Å². The Hall–Kier alpha value is -1.74. The van der Waals surface area contributed by atoms with E-state index in [2.05, 4.69) is 46.0 Å². The molecule has 2 aromatic carbocycles. The summed E-state index contributed by atoms with van der Waals surface area (Å²) in [4.78, 5) is 19.9. The molecular weight excluding hydrogens is 519 g/mol. The maximum Gasteiger partial charge on any atom is 0.253 e. The SMILES string of the molecule is CCN(CC)C(=O)c1ccc(CNC(=NC)NCC2(Sc3ccccc3)CC2)cc1.I. The number of hydrogen-bond acceptors (Lipinski definition) is 3. The van der Waals surface area contributed by atoms with E-state index in [1.165, 1.54) is 17.7 Å². The molecule has 3 rings (SSSR count). The monoisotopic (exact) mass is 552 g/mol. The number of amides is 1.